The first-order chi connectivity index (χ1) is 9.76. The van der Waals surface area contributed by atoms with Gasteiger partial charge in [-0.2, -0.15) is 5.26 Å². The van der Waals surface area contributed by atoms with Crippen molar-refractivity contribution in [3.63, 3.8) is 0 Å². The van der Waals surface area contributed by atoms with E-state index in [1.54, 1.807) is 0 Å². The summed E-state index contributed by atoms with van der Waals surface area (Å²) in [4.78, 5) is 18.1. The van der Waals surface area contributed by atoms with Gasteiger partial charge in [0.25, 0.3) is 5.91 Å². The summed E-state index contributed by atoms with van der Waals surface area (Å²) in [5.74, 6) is 0.493. The number of H-pyrrole nitrogens is 1. The largest absolute Gasteiger partial charge is 0.305 e. The molecule has 1 amide bonds. The molecule has 2 rings (SSSR count). The number of hydrogen-bond donors (Lipinski definition) is 1. The van der Waals surface area contributed by atoms with E-state index in [4.69, 9.17) is 5.26 Å². The number of benzene rings is 1. The molecule has 0 saturated carbocycles. The first-order valence-electron chi connectivity index (χ1n) is 6.41. The Bertz CT molecular complexity index is 614. The van der Waals surface area contributed by atoms with Gasteiger partial charge < -0.3 is 4.90 Å². The molecule has 6 heteroatoms. The van der Waals surface area contributed by atoms with Gasteiger partial charge in [-0.3, -0.25) is 9.89 Å². The molecule has 1 N–H and O–H groups in total. The number of nitriles is 1. The van der Waals surface area contributed by atoms with Gasteiger partial charge in [-0.1, -0.05) is 25.1 Å². The Hall–Kier alpha value is -2.68. The highest BCUT2D eigenvalue weighted by atomic mass is 16.2. The third kappa shape index (κ3) is 3.01. The van der Waals surface area contributed by atoms with Crippen molar-refractivity contribution >= 4 is 11.6 Å². The third-order valence-electron chi connectivity index (χ3n) is 2.82. The van der Waals surface area contributed by atoms with E-state index >= 15 is 0 Å². The first kappa shape index (κ1) is 13.7. The monoisotopic (exact) mass is 269 g/mol. The van der Waals surface area contributed by atoms with Crippen molar-refractivity contribution in [1.82, 2.24) is 15.2 Å². The van der Waals surface area contributed by atoms with Crippen molar-refractivity contribution < 1.29 is 4.79 Å². The van der Waals surface area contributed by atoms with E-state index in [0.29, 0.717) is 18.8 Å². The van der Waals surface area contributed by atoms with E-state index in [-0.39, 0.29) is 18.2 Å². The zero-order chi connectivity index (χ0) is 14.4. The highest BCUT2D eigenvalue weighted by Crippen LogP contribution is 2.16. The maximum Gasteiger partial charge on any atom is 0.297 e. The molecule has 1 aromatic carbocycles. The SMILES string of the molecule is CCc1nc(C(=O)N(CCC#N)c2ccccc2)n[nH]1. The second kappa shape index (κ2) is 6.48. The molecule has 102 valence electrons. The van der Waals surface area contributed by atoms with Gasteiger partial charge in [0.05, 0.1) is 12.5 Å². The van der Waals surface area contributed by atoms with Crippen molar-refractivity contribution in [3.05, 3.63) is 42.0 Å². The lowest BCUT2D eigenvalue weighted by Crippen LogP contribution is -2.32. The fourth-order valence-corrected chi connectivity index (χ4v) is 1.79. The predicted octanol–water partition coefficient (Wildman–Crippen LogP) is 1.93. The average molecular weight is 269 g/mol. The number of nitrogens with one attached hydrogen (secondary N) is 1. The molecule has 0 spiro atoms. The third-order valence-corrected chi connectivity index (χ3v) is 2.82. The Labute approximate surface area is 117 Å². The minimum Gasteiger partial charge on any atom is -0.305 e. The zero-order valence-corrected chi connectivity index (χ0v) is 11.2. The number of aryl methyl sites for hydroxylation is 1. The summed E-state index contributed by atoms with van der Waals surface area (Å²) in [5.41, 5.74) is 0.732. The summed E-state index contributed by atoms with van der Waals surface area (Å²) in [7, 11) is 0. The van der Waals surface area contributed by atoms with Gasteiger partial charge in [0.1, 0.15) is 5.82 Å². The molecule has 0 bridgehead atoms. The van der Waals surface area contributed by atoms with Crippen LogP contribution in [0.5, 0.6) is 0 Å². The lowest BCUT2D eigenvalue weighted by molar-refractivity contribution is 0.0978. The number of amides is 1. The van der Waals surface area contributed by atoms with E-state index in [9.17, 15) is 4.79 Å². The minimum atomic E-state index is -0.303. The van der Waals surface area contributed by atoms with E-state index in [0.717, 1.165) is 5.69 Å². The van der Waals surface area contributed by atoms with Gasteiger partial charge in [-0.05, 0) is 12.1 Å². The molecule has 20 heavy (non-hydrogen) atoms. The van der Waals surface area contributed by atoms with Crippen LogP contribution in [0.15, 0.2) is 30.3 Å². The molecule has 0 aliphatic rings. The van der Waals surface area contributed by atoms with E-state index in [1.807, 2.05) is 43.3 Å². The number of para-hydroxylation sites is 1. The van der Waals surface area contributed by atoms with Gasteiger partial charge >= 0.3 is 0 Å². The van der Waals surface area contributed by atoms with Crippen molar-refractivity contribution in [3.8, 4) is 6.07 Å². The Morgan fingerprint density at radius 1 is 1.40 bits per heavy atom. The van der Waals surface area contributed by atoms with Crippen LogP contribution in [0, 0.1) is 11.3 Å². The number of hydrogen-bond acceptors (Lipinski definition) is 4. The summed E-state index contributed by atoms with van der Waals surface area (Å²) in [6, 6.07) is 11.3. The van der Waals surface area contributed by atoms with Gasteiger partial charge in [0.2, 0.25) is 5.82 Å². The molecule has 1 heterocycles. The van der Waals surface area contributed by atoms with Gasteiger partial charge in [-0.25, -0.2) is 4.98 Å². The summed E-state index contributed by atoms with van der Waals surface area (Å²) >= 11 is 0. The van der Waals surface area contributed by atoms with Crippen molar-refractivity contribution in [2.75, 3.05) is 11.4 Å². The van der Waals surface area contributed by atoms with Gasteiger partial charge in [0, 0.05) is 18.7 Å². The normalized spacial score (nSPS) is 10.0. The summed E-state index contributed by atoms with van der Waals surface area (Å²) in [5, 5.41) is 15.4. The molecule has 0 aliphatic heterocycles. The molecular weight excluding hydrogens is 254 g/mol. The van der Waals surface area contributed by atoms with Crippen molar-refractivity contribution in [1.29, 1.82) is 5.26 Å². The van der Waals surface area contributed by atoms with Crippen LogP contribution in [0.2, 0.25) is 0 Å². The highest BCUT2D eigenvalue weighted by molar-refractivity contribution is 6.03. The quantitative estimate of drug-likeness (QED) is 0.898. The van der Waals surface area contributed by atoms with Crippen LogP contribution in [0.3, 0.4) is 0 Å². The Balaban J connectivity index is 2.26. The molecule has 0 unspecified atom stereocenters. The average Bonchev–Trinajstić information content (AvgIpc) is 2.97. The first-order valence-corrected chi connectivity index (χ1v) is 6.41. The lowest BCUT2D eigenvalue weighted by Gasteiger charge is -2.19. The maximum atomic E-state index is 12.5. The smallest absolute Gasteiger partial charge is 0.297 e. The number of aromatic nitrogens is 3. The van der Waals surface area contributed by atoms with Crippen molar-refractivity contribution in [2.45, 2.75) is 19.8 Å². The second-order valence-corrected chi connectivity index (χ2v) is 4.16. The van der Waals surface area contributed by atoms with Gasteiger partial charge in [0.15, 0.2) is 0 Å². The fraction of sp³-hybridized carbons (Fsp3) is 0.286. The van der Waals surface area contributed by atoms with E-state index < -0.39 is 0 Å². The molecule has 0 saturated heterocycles. The van der Waals surface area contributed by atoms with Crippen LogP contribution >= 0.6 is 0 Å². The Morgan fingerprint density at radius 2 is 2.15 bits per heavy atom. The number of carbonyl (C=O) groups is 1. The van der Waals surface area contributed by atoms with Crippen LogP contribution in [-0.4, -0.2) is 27.6 Å². The Kier molecular flexibility index (Phi) is 4.45. The van der Waals surface area contributed by atoms with E-state index in [1.165, 1.54) is 4.90 Å². The number of aromatic amines is 1. The predicted molar refractivity (Wildman–Crippen MR) is 74.1 cm³/mol. The topological polar surface area (TPSA) is 85.7 Å². The molecule has 1 aromatic heterocycles. The van der Waals surface area contributed by atoms with Crippen LogP contribution in [0.4, 0.5) is 5.69 Å². The van der Waals surface area contributed by atoms with Crippen LogP contribution in [-0.2, 0) is 6.42 Å². The van der Waals surface area contributed by atoms with Gasteiger partial charge in [-0.15, -0.1) is 5.10 Å². The highest BCUT2D eigenvalue weighted by Gasteiger charge is 2.21. The summed E-state index contributed by atoms with van der Waals surface area (Å²) in [6.45, 7) is 2.24. The van der Waals surface area contributed by atoms with E-state index in [2.05, 4.69) is 15.2 Å². The Morgan fingerprint density at radius 3 is 2.75 bits per heavy atom. The standard InChI is InChI=1S/C14H15N5O/c1-2-12-16-13(18-17-12)14(20)19(10-6-9-15)11-7-4-3-5-8-11/h3-5,7-8H,2,6,10H2,1H3,(H,16,17,18). The molecule has 2 aromatic rings. The fourth-order valence-electron chi connectivity index (χ4n) is 1.79. The van der Waals surface area contributed by atoms with Crippen LogP contribution in [0.25, 0.3) is 0 Å². The second-order valence-electron chi connectivity index (χ2n) is 4.16. The molecule has 0 aliphatic carbocycles. The number of rotatable bonds is 5. The minimum absolute atomic E-state index is 0.128. The van der Waals surface area contributed by atoms with Crippen LogP contribution < -0.4 is 4.90 Å². The summed E-state index contributed by atoms with van der Waals surface area (Å²) < 4.78 is 0. The van der Waals surface area contributed by atoms with Crippen LogP contribution in [0.1, 0.15) is 29.8 Å². The number of nitrogens with zero attached hydrogens (tertiary/aromatic N) is 4. The molecule has 0 atom stereocenters. The maximum absolute atomic E-state index is 12.5. The zero-order valence-electron chi connectivity index (χ0n) is 11.2. The molecule has 0 radical (unpaired) electrons. The molecule has 6 nitrogen and oxygen atoms in total. The number of carbonyl (C=O) groups excluding carboxylic acids is 1. The van der Waals surface area contributed by atoms with Crippen molar-refractivity contribution in [2.24, 2.45) is 0 Å². The lowest BCUT2D eigenvalue weighted by atomic mass is 10.2. The molecule has 0 fully saturated rings. The molecular formula is C14H15N5O. The summed E-state index contributed by atoms with van der Waals surface area (Å²) in [6.07, 6.45) is 0.940. The number of anilines is 1.